The highest BCUT2D eigenvalue weighted by Crippen LogP contribution is 2.27. The molecule has 156 valence electrons. The number of likely N-dealkylation sites (N-methyl/N-ethyl adjacent to an activating group) is 1. The number of hydrogen-bond donors (Lipinski definition) is 1. The molecule has 0 aliphatic carbocycles. The van der Waals surface area contributed by atoms with Crippen LogP contribution >= 0.6 is 11.6 Å². The van der Waals surface area contributed by atoms with Crippen LogP contribution in [0, 0.1) is 11.5 Å². The summed E-state index contributed by atoms with van der Waals surface area (Å²) in [5.41, 5.74) is 3.25. The molecule has 0 spiro atoms. The molecular weight excluding hydrogens is 410 g/mol. The lowest BCUT2D eigenvalue weighted by atomic mass is 10.0. The lowest BCUT2D eigenvalue weighted by molar-refractivity contribution is -0.129. The topological polar surface area (TPSA) is 73.2 Å². The fraction of sp³-hybridized carbons (Fsp3) is 0.160. The first-order valence-electron chi connectivity index (χ1n) is 9.86. The van der Waals surface area contributed by atoms with E-state index < -0.39 is 11.9 Å². The van der Waals surface area contributed by atoms with Crippen molar-refractivity contribution >= 4 is 23.4 Å². The van der Waals surface area contributed by atoms with Crippen molar-refractivity contribution in [1.29, 1.82) is 5.26 Å². The SMILES string of the molecule is CN(C#N)C(=O)C(CCc1ccccc1)NC(=O)c1ccc(-c2ccccc2Cl)cc1. The second kappa shape index (κ2) is 10.4. The van der Waals surface area contributed by atoms with Crippen LogP contribution in [-0.2, 0) is 11.2 Å². The van der Waals surface area contributed by atoms with E-state index in [2.05, 4.69) is 5.32 Å². The molecule has 0 saturated carbocycles. The van der Waals surface area contributed by atoms with Crippen LogP contribution in [0.2, 0.25) is 5.02 Å². The van der Waals surface area contributed by atoms with Crippen molar-refractivity contribution in [3.8, 4) is 17.3 Å². The molecule has 0 aliphatic rings. The number of benzene rings is 3. The zero-order valence-electron chi connectivity index (χ0n) is 17.1. The average molecular weight is 432 g/mol. The van der Waals surface area contributed by atoms with E-state index >= 15 is 0 Å². The Balaban J connectivity index is 1.73. The Labute approximate surface area is 186 Å². The van der Waals surface area contributed by atoms with Crippen LogP contribution in [0.25, 0.3) is 11.1 Å². The van der Waals surface area contributed by atoms with E-state index in [1.54, 1.807) is 12.1 Å². The highest BCUT2D eigenvalue weighted by atomic mass is 35.5. The molecule has 3 aromatic carbocycles. The quantitative estimate of drug-likeness (QED) is 0.436. The zero-order chi connectivity index (χ0) is 22.2. The van der Waals surface area contributed by atoms with Gasteiger partial charge in [-0.25, -0.2) is 0 Å². The first-order chi connectivity index (χ1) is 15.0. The molecule has 1 atom stereocenters. The largest absolute Gasteiger partial charge is 0.340 e. The zero-order valence-corrected chi connectivity index (χ0v) is 17.8. The highest BCUT2D eigenvalue weighted by Gasteiger charge is 2.24. The van der Waals surface area contributed by atoms with Gasteiger partial charge in [0.1, 0.15) is 6.04 Å². The van der Waals surface area contributed by atoms with E-state index in [9.17, 15) is 9.59 Å². The van der Waals surface area contributed by atoms with Crippen LogP contribution in [0.3, 0.4) is 0 Å². The second-order valence-electron chi connectivity index (χ2n) is 7.10. The third-order valence-corrected chi connectivity index (χ3v) is 5.31. The Kier molecular flexibility index (Phi) is 7.42. The van der Waals surface area contributed by atoms with Gasteiger partial charge in [0.05, 0.1) is 0 Å². The minimum Gasteiger partial charge on any atom is -0.340 e. The third kappa shape index (κ3) is 5.71. The number of amides is 2. The molecule has 31 heavy (non-hydrogen) atoms. The van der Waals surface area contributed by atoms with Gasteiger partial charge in [-0.1, -0.05) is 72.3 Å². The van der Waals surface area contributed by atoms with Gasteiger partial charge in [-0.05, 0) is 42.2 Å². The van der Waals surface area contributed by atoms with Crippen molar-refractivity contribution < 1.29 is 9.59 Å². The second-order valence-corrected chi connectivity index (χ2v) is 7.51. The number of nitrogens with one attached hydrogen (secondary N) is 1. The summed E-state index contributed by atoms with van der Waals surface area (Å²) in [6, 6.07) is 23.4. The molecule has 0 radical (unpaired) electrons. The lowest BCUT2D eigenvalue weighted by Gasteiger charge is -2.20. The molecule has 3 aromatic rings. The molecular formula is C25H22ClN3O2. The number of aryl methyl sites for hydroxylation is 1. The maximum atomic E-state index is 12.8. The van der Waals surface area contributed by atoms with Crippen molar-refractivity contribution in [2.75, 3.05) is 7.05 Å². The predicted octanol–water partition coefficient (Wildman–Crippen LogP) is 4.68. The van der Waals surface area contributed by atoms with Gasteiger partial charge in [-0.15, -0.1) is 0 Å². The molecule has 6 heteroatoms. The Hall–Kier alpha value is -3.62. The van der Waals surface area contributed by atoms with Gasteiger partial charge in [0.2, 0.25) is 0 Å². The molecule has 0 aliphatic heterocycles. The van der Waals surface area contributed by atoms with Crippen molar-refractivity contribution in [2.45, 2.75) is 18.9 Å². The fourth-order valence-corrected chi connectivity index (χ4v) is 3.48. The van der Waals surface area contributed by atoms with E-state index in [1.165, 1.54) is 7.05 Å². The van der Waals surface area contributed by atoms with Crippen LogP contribution in [-0.4, -0.2) is 29.8 Å². The molecule has 1 N–H and O–H groups in total. The van der Waals surface area contributed by atoms with Crippen LogP contribution in [0.15, 0.2) is 78.9 Å². The summed E-state index contributed by atoms with van der Waals surface area (Å²) >= 11 is 6.25. The van der Waals surface area contributed by atoms with Crippen molar-refractivity contribution in [3.63, 3.8) is 0 Å². The summed E-state index contributed by atoms with van der Waals surface area (Å²) in [5, 5.41) is 12.5. The average Bonchev–Trinajstić information content (AvgIpc) is 2.81. The summed E-state index contributed by atoms with van der Waals surface area (Å²) in [6.45, 7) is 0. The third-order valence-electron chi connectivity index (χ3n) is 4.98. The molecule has 3 rings (SSSR count). The molecule has 5 nitrogen and oxygen atoms in total. The van der Waals surface area contributed by atoms with Gasteiger partial charge in [0.15, 0.2) is 6.19 Å². The van der Waals surface area contributed by atoms with Crippen LogP contribution in [0.4, 0.5) is 0 Å². The standard InChI is InChI=1S/C25H22ClN3O2/c1-29(17-27)25(31)23(16-11-18-7-3-2-4-8-18)28-24(30)20-14-12-19(13-15-20)21-9-5-6-10-22(21)26/h2-10,12-15,23H,11,16H2,1H3,(H,28,30). The van der Waals surface area contributed by atoms with E-state index in [-0.39, 0.29) is 5.91 Å². The van der Waals surface area contributed by atoms with E-state index in [4.69, 9.17) is 16.9 Å². The highest BCUT2D eigenvalue weighted by molar-refractivity contribution is 6.33. The summed E-state index contributed by atoms with van der Waals surface area (Å²) in [7, 11) is 1.39. The van der Waals surface area contributed by atoms with E-state index in [0.717, 1.165) is 21.6 Å². The number of carbonyl (C=O) groups excluding carboxylic acids is 2. The summed E-state index contributed by atoms with van der Waals surface area (Å²) in [5.74, 6) is -0.817. The first-order valence-corrected chi connectivity index (χ1v) is 10.2. The number of nitriles is 1. The monoisotopic (exact) mass is 431 g/mol. The van der Waals surface area contributed by atoms with Gasteiger partial charge in [-0.3, -0.25) is 14.5 Å². The maximum absolute atomic E-state index is 12.8. The first kappa shape index (κ1) is 22.1. The van der Waals surface area contributed by atoms with Crippen molar-refractivity contribution in [3.05, 3.63) is 95.0 Å². The Bertz CT molecular complexity index is 1090. The summed E-state index contributed by atoms with van der Waals surface area (Å²) in [6.07, 6.45) is 2.79. The number of carbonyl (C=O) groups is 2. The molecule has 0 heterocycles. The molecule has 1 unspecified atom stereocenters. The van der Waals surface area contributed by atoms with Crippen molar-refractivity contribution in [1.82, 2.24) is 10.2 Å². The van der Waals surface area contributed by atoms with E-state index in [0.29, 0.717) is 23.4 Å². The Morgan fingerprint density at radius 3 is 2.29 bits per heavy atom. The molecule has 0 saturated heterocycles. The van der Waals surface area contributed by atoms with Crippen LogP contribution < -0.4 is 5.32 Å². The van der Waals surface area contributed by atoms with Gasteiger partial charge < -0.3 is 5.32 Å². The molecule has 0 aromatic heterocycles. The van der Waals surface area contributed by atoms with Crippen molar-refractivity contribution in [2.24, 2.45) is 0 Å². The fourth-order valence-electron chi connectivity index (χ4n) is 3.23. The molecule has 0 fully saturated rings. The van der Waals surface area contributed by atoms with Crippen LogP contribution in [0.1, 0.15) is 22.3 Å². The van der Waals surface area contributed by atoms with Gasteiger partial charge in [0, 0.05) is 23.2 Å². The lowest BCUT2D eigenvalue weighted by Crippen LogP contribution is -2.46. The minimum atomic E-state index is -0.805. The molecule has 2 amide bonds. The molecule has 0 bridgehead atoms. The van der Waals surface area contributed by atoms with E-state index in [1.807, 2.05) is 72.9 Å². The number of halogens is 1. The smallest absolute Gasteiger partial charge is 0.257 e. The van der Waals surface area contributed by atoms with Gasteiger partial charge in [0.25, 0.3) is 11.8 Å². The minimum absolute atomic E-state index is 0.372. The van der Waals surface area contributed by atoms with Crippen LogP contribution in [0.5, 0.6) is 0 Å². The maximum Gasteiger partial charge on any atom is 0.257 e. The summed E-state index contributed by atoms with van der Waals surface area (Å²) in [4.78, 5) is 26.4. The number of hydrogen-bond acceptors (Lipinski definition) is 3. The predicted molar refractivity (Wildman–Crippen MR) is 121 cm³/mol. The Morgan fingerprint density at radius 2 is 1.65 bits per heavy atom. The number of nitrogens with zero attached hydrogens (tertiary/aromatic N) is 2. The summed E-state index contributed by atoms with van der Waals surface area (Å²) < 4.78 is 0. The van der Waals surface area contributed by atoms with Gasteiger partial charge >= 0.3 is 0 Å². The van der Waals surface area contributed by atoms with Gasteiger partial charge in [-0.2, -0.15) is 5.26 Å². The normalized spacial score (nSPS) is 11.3. The Morgan fingerprint density at radius 1 is 1.00 bits per heavy atom. The number of rotatable bonds is 7.